The standard InChI is InChI=1S/C13H25N3O6/c1-10(13(21)22)16(6-4-14(2)8-11(17)18)7-5-15(3)9-12(19)20/h10H,4-9H2,1-3H3,(H,17,18)(H,19,20)(H,21,22)/t10-/m0/s1. The summed E-state index contributed by atoms with van der Waals surface area (Å²) in [5.74, 6) is -2.86. The van der Waals surface area contributed by atoms with Crippen LogP contribution in [0.4, 0.5) is 0 Å². The van der Waals surface area contributed by atoms with Gasteiger partial charge < -0.3 is 15.3 Å². The van der Waals surface area contributed by atoms with E-state index in [-0.39, 0.29) is 13.1 Å². The van der Waals surface area contributed by atoms with E-state index in [1.165, 1.54) is 0 Å². The Morgan fingerprint density at radius 3 is 1.45 bits per heavy atom. The molecule has 1 atom stereocenters. The lowest BCUT2D eigenvalue weighted by Crippen LogP contribution is -2.46. The van der Waals surface area contributed by atoms with Crippen LogP contribution in [-0.2, 0) is 14.4 Å². The third-order valence-electron chi connectivity index (χ3n) is 3.25. The molecule has 9 heteroatoms. The first-order chi connectivity index (χ1) is 10.1. The molecule has 9 nitrogen and oxygen atoms in total. The van der Waals surface area contributed by atoms with Gasteiger partial charge in [0, 0.05) is 26.2 Å². The van der Waals surface area contributed by atoms with Crippen LogP contribution >= 0.6 is 0 Å². The van der Waals surface area contributed by atoms with Crippen molar-refractivity contribution in [3.8, 4) is 0 Å². The predicted octanol–water partition coefficient (Wildman–Crippen LogP) is -1.21. The van der Waals surface area contributed by atoms with Crippen LogP contribution in [0.5, 0.6) is 0 Å². The fourth-order valence-corrected chi connectivity index (χ4v) is 1.87. The number of carboxylic acid groups (broad SMARTS) is 3. The molecule has 0 heterocycles. The van der Waals surface area contributed by atoms with Crippen molar-refractivity contribution in [1.82, 2.24) is 14.7 Å². The average Bonchev–Trinajstić information content (AvgIpc) is 2.36. The summed E-state index contributed by atoms with van der Waals surface area (Å²) in [4.78, 5) is 37.2. The van der Waals surface area contributed by atoms with E-state index in [0.717, 1.165) is 0 Å². The molecule has 0 aliphatic carbocycles. The second-order valence-corrected chi connectivity index (χ2v) is 5.31. The zero-order chi connectivity index (χ0) is 17.3. The third kappa shape index (κ3) is 9.27. The maximum absolute atomic E-state index is 11.1. The highest BCUT2D eigenvalue weighted by molar-refractivity contribution is 5.73. The highest BCUT2D eigenvalue weighted by Crippen LogP contribution is 2.01. The Hall–Kier alpha value is -1.71. The Balaban J connectivity index is 4.47. The maximum Gasteiger partial charge on any atom is 0.320 e. The monoisotopic (exact) mass is 319 g/mol. The van der Waals surface area contributed by atoms with Crippen molar-refractivity contribution in [1.29, 1.82) is 0 Å². The number of nitrogens with zero attached hydrogens (tertiary/aromatic N) is 3. The summed E-state index contributed by atoms with van der Waals surface area (Å²) in [6.45, 7) is 2.91. The van der Waals surface area contributed by atoms with Crippen LogP contribution in [-0.4, -0.2) is 107 Å². The molecule has 0 aromatic carbocycles. The lowest BCUT2D eigenvalue weighted by molar-refractivity contribution is -0.143. The van der Waals surface area contributed by atoms with Crippen molar-refractivity contribution >= 4 is 17.9 Å². The molecule has 0 aromatic heterocycles. The Bertz CT molecular complexity index is 364. The first-order valence-electron chi connectivity index (χ1n) is 6.91. The van der Waals surface area contributed by atoms with Gasteiger partial charge in [-0.3, -0.25) is 29.1 Å². The van der Waals surface area contributed by atoms with E-state index in [0.29, 0.717) is 26.2 Å². The van der Waals surface area contributed by atoms with Crippen molar-refractivity contribution in [2.75, 3.05) is 53.4 Å². The predicted molar refractivity (Wildman–Crippen MR) is 78.9 cm³/mol. The van der Waals surface area contributed by atoms with Gasteiger partial charge in [0.2, 0.25) is 0 Å². The molecule has 0 bridgehead atoms. The lowest BCUT2D eigenvalue weighted by Gasteiger charge is -2.29. The van der Waals surface area contributed by atoms with Crippen molar-refractivity contribution in [2.24, 2.45) is 0 Å². The van der Waals surface area contributed by atoms with Gasteiger partial charge in [-0.25, -0.2) is 0 Å². The Morgan fingerprint density at radius 1 is 0.818 bits per heavy atom. The normalized spacial score (nSPS) is 12.8. The van der Waals surface area contributed by atoms with Gasteiger partial charge >= 0.3 is 17.9 Å². The van der Waals surface area contributed by atoms with Crippen LogP contribution in [0.2, 0.25) is 0 Å². The van der Waals surface area contributed by atoms with Crippen LogP contribution in [0.3, 0.4) is 0 Å². The summed E-state index contributed by atoms with van der Waals surface area (Å²) >= 11 is 0. The summed E-state index contributed by atoms with van der Waals surface area (Å²) in [6, 6.07) is -0.726. The molecule has 0 unspecified atom stereocenters. The highest BCUT2D eigenvalue weighted by atomic mass is 16.4. The zero-order valence-electron chi connectivity index (χ0n) is 13.2. The van der Waals surface area contributed by atoms with Gasteiger partial charge in [-0.05, 0) is 21.0 Å². The third-order valence-corrected chi connectivity index (χ3v) is 3.25. The van der Waals surface area contributed by atoms with E-state index in [2.05, 4.69) is 0 Å². The largest absolute Gasteiger partial charge is 0.480 e. The second-order valence-electron chi connectivity index (χ2n) is 5.31. The molecule has 0 aliphatic heterocycles. The summed E-state index contributed by atoms with van der Waals surface area (Å²) in [6.07, 6.45) is 0. The van der Waals surface area contributed by atoms with E-state index in [1.54, 1.807) is 35.7 Å². The molecule has 0 rings (SSSR count). The molecule has 128 valence electrons. The first kappa shape index (κ1) is 20.3. The van der Waals surface area contributed by atoms with Crippen molar-refractivity contribution in [3.05, 3.63) is 0 Å². The van der Waals surface area contributed by atoms with Crippen LogP contribution in [0.1, 0.15) is 6.92 Å². The molecule has 0 saturated carbocycles. The topological polar surface area (TPSA) is 122 Å². The number of carbonyl (C=O) groups is 3. The van der Waals surface area contributed by atoms with Crippen LogP contribution in [0.25, 0.3) is 0 Å². The maximum atomic E-state index is 11.1. The number of hydrogen-bond acceptors (Lipinski definition) is 6. The Morgan fingerprint density at radius 2 is 1.18 bits per heavy atom. The van der Waals surface area contributed by atoms with Crippen molar-refractivity contribution < 1.29 is 29.7 Å². The number of likely N-dealkylation sites (N-methyl/N-ethyl adjacent to an activating group) is 2. The minimum atomic E-state index is -0.971. The Labute approximate surface area is 129 Å². The van der Waals surface area contributed by atoms with Gasteiger partial charge in [0.25, 0.3) is 0 Å². The highest BCUT2D eigenvalue weighted by Gasteiger charge is 2.21. The molecular weight excluding hydrogens is 294 g/mol. The smallest absolute Gasteiger partial charge is 0.320 e. The molecule has 0 aromatic rings. The summed E-state index contributed by atoms with van der Waals surface area (Å²) in [5, 5.41) is 26.5. The van der Waals surface area contributed by atoms with Gasteiger partial charge in [0.15, 0.2) is 0 Å². The fraction of sp³-hybridized carbons (Fsp3) is 0.769. The van der Waals surface area contributed by atoms with Crippen molar-refractivity contribution in [2.45, 2.75) is 13.0 Å². The van der Waals surface area contributed by atoms with Gasteiger partial charge in [0.1, 0.15) is 6.04 Å². The summed E-state index contributed by atoms with van der Waals surface area (Å²) in [7, 11) is 3.29. The minimum Gasteiger partial charge on any atom is -0.480 e. The van der Waals surface area contributed by atoms with Crippen molar-refractivity contribution in [3.63, 3.8) is 0 Å². The van der Waals surface area contributed by atoms with E-state index in [9.17, 15) is 14.4 Å². The molecule has 0 aliphatic rings. The van der Waals surface area contributed by atoms with Gasteiger partial charge in [-0.2, -0.15) is 0 Å². The summed E-state index contributed by atoms with van der Waals surface area (Å²) < 4.78 is 0. The second kappa shape index (κ2) is 10.1. The average molecular weight is 319 g/mol. The number of rotatable bonds is 12. The molecule has 0 fully saturated rings. The molecule has 0 saturated heterocycles. The minimum absolute atomic E-state index is 0.117. The van der Waals surface area contributed by atoms with Crippen LogP contribution in [0.15, 0.2) is 0 Å². The number of carboxylic acids is 3. The van der Waals surface area contributed by atoms with E-state index in [4.69, 9.17) is 15.3 Å². The zero-order valence-corrected chi connectivity index (χ0v) is 13.2. The van der Waals surface area contributed by atoms with Gasteiger partial charge in [0.05, 0.1) is 13.1 Å². The fourth-order valence-electron chi connectivity index (χ4n) is 1.87. The molecule has 0 amide bonds. The SMILES string of the molecule is C[C@@H](C(=O)O)N(CCN(C)CC(=O)O)CCN(C)CC(=O)O. The lowest BCUT2D eigenvalue weighted by atomic mass is 10.2. The summed E-state index contributed by atoms with van der Waals surface area (Å²) in [5.41, 5.74) is 0. The van der Waals surface area contributed by atoms with Gasteiger partial charge in [-0.1, -0.05) is 0 Å². The van der Waals surface area contributed by atoms with E-state index in [1.807, 2.05) is 0 Å². The van der Waals surface area contributed by atoms with Gasteiger partial charge in [-0.15, -0.1) is 0 Å². The molecule has 22 heavy (non-hydrogen) atoms. The van der Waals surface area contributed by atoms with E-state index < -0.39 is 23.9 Å². The number of hydrogen-bond donors (Lipinski definition) is 3. The Kier molecular flexibility index (Phi) is 9.31. The molecule has 0 spiro atoms. The molecular formula is C13H25N3O6. The first-order valence-corrected chi connectivity index (χ1v) is 6.91. The quantitative estimate of drug-likeness (QED) is 0.407. The molecule has 3 N–H and O–H groups in total. The van der Waals surface area contributed by atoms with Crippen LogP contribution < -0.4 is 0 Å². The number of aliphatic carboxylic acids is 3. The molecule has 0 radical (unpaired) electrons. The van der Waals surface area contributed by atoms with E-state index >= 15 is 0 Å². The van der Waals surface area contributed by atoms with Crippen LogP contribution in [0, 0.1) is 0 Å².